The summed E-state index contributed by atoms with van der Waals surface area (Å²) < 4.78 is 27.2. The van der Waals surface area contributed by atoms with Crippen LogP contribution in [-0.4, -0.2) is 16.5 Å². The van der Waals surface area contributed by atoms with Crippen LogP contribution in [0.3, 0.4) is 0 Å². The van der Waals surface area contributed by atoms with Gasteiger partial charge in [0.2, 0.25) is 0 Å². The van der Waals surface area contributed by atoms with Crippen molar-refractivity contribution in [3.8, 4) is 22.4 Å². The van der Waals surface area contributed by atoms with Crippen molar-refractivity contribution in [3.63, 3.8) is 0 Å². The summed E-state index contributed by atoms with van der Waals surface area (Å²) in [5.74, 6) is -1.13. The number of thioether (sulfide) groups is 1. The molecule has 1 aromatic heterocycles. The third-order valence-electron chi connectivity index (χ3n) is 3.37. The van der Waals surface area contributed by atoms with Gasteiger partial charge in [-0.05, 0) is 30.5 Å². The number of benzene rings is 2. The van der Waals surface area contributed by atoms with E-state index in [1.807, 2.05) is 30.5 Å². The van der Waals surface area contributed by atoms with Gasteiger partial charge >= 0.3 is 0 Å². The van der Waals surface area contributed by atoms with Gasteiger partial charge in [0.1, 0.15) is 11.6 Å². The zero-order valence-electron chi connectivity index (χ0n) is 11.7. The van der Waals surface area contributed by atoms with E-state index in [9.17, 15) is 8.78 Å². The van der Waals surface area contributed by atoms with Gasteiger partial charge in [-0.3, -0.25) is 5.10 Å². The Bertz CT molecular complexity index is 813. The number of nitrogens with two attached hydrogens (primary N) is 1. The van der Waals surface area contributed by atoms with E-state index >= 15 is 0 Å². The van der Waals surface area contributed by atoms with Crippen molar-refractivity contribution >= 4 is 17.6 Å². The Morgan fingerprint density at radius 1 is 1.09 bits per heavy atom. The van der Waals surface area contributed by atoms with Gasteiger partial charge in [-0.25, -0.2) is 8.78 Å². The highest BCUT2D eigenvalue weighted by Crippen LogP contribution is 2.36. The maximum atomic E-state index is 14.1. The first kappa shape index (κ1) is 14.6. The van der Waals surface area contributed by atoms with E-state index in [0.717, 1.165) is 16.5 Å². The highest BCUT2D eigenvalue weighted by molar-refractivity contribution is 7.98. The molecule has 3 nitrogen and oxygen atoms in total. The Kier molecular flexibility index (Phi) is 3.85. The van der Waals surface area contributed by atoms with Crippen LogP contribution < -0.4 is 5.73 Å². The van der Waals surface area contributed by atoms with Gasteiger partial charge in [0.05, 0.1) is 11.3 Å². The molecule has 0 bridgehead atoms. The monoisotopic (exact) mass is 317 g/mol. The predicted molar refractivity (Wildman–Crippen MR) is 85.6 cm³/mol. The smallest absolute Gasteiger partial charge is 0.153 e. The van der Waals surface area contributed by atoms with E-state index in [1.54, 1.807) is 11.8 Å². The van der Waals surface area contributed by atoms with Crippen LogP contribution in [0.4, 0.5) is 14.6 Å². The number of aromatic amines is 1. The predicted octanol–water partition coefficient (Wildman–Crippen LogP) is 4.33. The third-order valence-corrected chi connectivity index (χ3v) is 4.12. The van der Waals surface area contributed by atoms with Gasteiger partial charge in [-0.15, -0.1) is 11.8 Å². The fraction of sp³-hybridized carbons (Fsp3) is 0.0625. The summed E-state index contributed by atoms with van der Waals surface area (Å²) in [4.78, 5) is 1.12. The SMILES string of the molecule is CSc1ccc(-c2[nH]nc(N)c2-c2ccc(F)cc2F)cc1. The topological polar surface area (TPSA) is 54.7 Å². The average molecular weight is 317 g/mol. The third kappa shape index (κ3) is 2.57. The summed E-state index contributed by atoms with van der Waals surface area (Å²) in [6, 6.07) is 11.1. The molecular formula is C16H13F2N3S. The lowest BCUT2D eigenvalue weighted by Gasteiger charge is -2.07. The van der Waals surface area contributed by atoms with Crippen molar-refractivity contribution in [2.24, 2.45) is 0 Å². The number of hydrogen-bond acceptors (Lipinski definition) is 3. The number of nitrogens with zero attached hydrogens (tertiary/aromatic N) is 1. The first-order valence-corrected chi connectivity index (χ1v) is 7.76. The highest BCUT2D eigenvalue weighted by Gasteiger charge is 2.18. The number of nitrogen functional groups attached to an aromatic ring is 1. The molecule has 0 aliphatic carbocycles. The maximum Gasteiger partial charge on any atom is 0.153 e. The molecular weight excluding hydrogens is 304 g/mol. The Labute approximate surface area is 130 Å². The van der Waals surface area contributed by atoms with Crippen molar-refractivity contribution in [1.82, 2.24) is 10.2 Å². The summed E-state index contributed by atoms with van der Waals surface area (Å²) in [6.07, 6.45) is 1.99. The number of H-pyrrole nitrogens is 1. The van der Waals surface area contributed by atoms with Crippen molar-refractivity contribution in [2.45, 2.75) is 4.90 Å². The summed E-state index contributed by atoms with van der Waals surface area (Å²) in [7, 11) is 0. The van der Waals surface area contributed by atoms with Crippen LogP contribution in [0.2, 0.25) is 0 Å². The summed E-state index contributed by atoms with van der Waals surface area (Å²) >= 11 is 1.63. The molecule has 22 heavy (non-hydrogen) atoms. The molecule has 0 aliphatic rings. The fourth-order valence-electron chi connectivity index (χ4n) is 2.29. The van der Waals surface area contributed by atoms with Crippen molar-refractivity contribution in [3.05, 3.63) is 54.1 Å². The van der Waals surface area contributed by atoms with Gasteiger partial charge in [-0.2, -0.15) is 5.10 Å². The lowest BCUT2D eigenvalue weighted by molar-refractivity contribution is 0.585. The molecule has 0 fully saturated rings. The van der Waals surface area contributed by atoms with Gasteiger partial charge in [0.25, 0.3) is 0 Å². The first-order valence-electron chi connectivity index (χ1n) is 6.54. The molecule has 3 aromatic rings. The zero-order valence-corrected chi connectivity index (χ0v) is 12.5. The molecule has 0 radical (unpaired) electrons. The average Bonchev–Trinajstić information content (AvgIpc) is 2.89. The van der Waals surface area contributed by atoms with Crippen molar-refractivity contribution in [1.29, 1.82) is 0 Å². The van der Waals surface area contributed by atoms with E-state index in [4.69, 9.17) is 5.73 Å². The molecule has 0 atom stereocenters. The fourth-order valence-corrected chi connectivity index (χ4v) is 2.70. The minimum absolute atomic E-state index is 0.175. The van der Waals surface area contributed by atoms with Crippen molar-refractivity contribution < 1.29 is 8.78 Å². The molecule has 3 N–H and O–H groups in total. The Morgan fingerprint density at radius 2 is 1.82 bits per heavy atom. The van der Waals surface area contributed by atoms with Gasteiger partial charge in [0.15, 0.2) is 5.82 Å². The number of halogens is 2. The van der Waals surface area contributed by atoms with Gasteiger partial charge < -0.3 is 5.73 Å². The van der Waals surface area contributed by atoms with Crippen LogP contribution in [0.1, 0.15) is 0 Å². The quantitative estimate of drug-likeness (QED) is 0.707. The molecule has 0 saturated heterocycles. The highest BCUT2D eigenvalue weighted by atomic mass is 32.2. The van der Waals surface area contributed by atoms with Crippen LogP contribution in [0.15, 0.2) is 47.4 Å². The Morgan fingerprint density at radius 3 is 2.45 bits per heavy atom. The minimum Gasteiger partial charge on any atom is -0.382 e. The van der Waals surface area contributed by atoms with Crippen LogP contribution in [0.5, 0.6) is 0 Å². The first-order chi connectivity index (χ1) is 10.6. The summed E-state index contributed by atoms with van der Waals surface area (Å²) in [5.41, 5.74) is 7.97. The normalized spacial score (nSPS) is 10.9. The van der Waals surface area contributed by atoms with E-state index in [2.05, 4.69) is 10.2 Å². The number of hydrogen-bond donors (Lipinski definition) is 2. The maximum absolute atomic E-state index is 14.1. The number of aromatic nitrogens is 2. The van der Waals surface area contributed by atoms with E-state index < -0.39 is 11.6 Å². The molecule has 0 amide bonds. The molecule has 112 valence electrons. The number of rotatable bonds is 3. The molecule has 2 aromatic carbocycles. The van der Waals surface area contributed by atoms with E-state index in [1.165, 1.54) is 12.1 Å². The number of nitrogens with one attached hydrogen (secondary N) is 1. The summed E-state index contributed by atoms with van der Waals surface area (Å²) in [5, 5.41) is 6.79. The van der Waals surface area contributed by atoms with Crippen molar-refractivity contribution in [2.75, 3.05) is 12.0 Å². The lowest BCUT2D eigenvalue weighted by atomic mass is 10.0. The molecule has 6 heteroatoms. The molecule has 3 rings (SSSR count). The standard InChI is InChI=1S/C16H13F2N3S/c1-22-11-5-2-9(3-6-11)15-14(16(19)21-20-15)12-7-4-10(17)8-13(12)18/h2-8H,1H3,(H3,19,20,21). The van der Waals surface area contributed by atoms with Crippen LogP contribution >= 0.6 is 11.8 Å². The zero-order chi connectivity index (χ0) is 15.7. The molecule has 0 saturated carbocycles. The summed E-state index contributed by atoms with van der Waals surface area (Å²) in [6.45, 7) is 0. The van der Waals surface area contributed by atoms with Gasteiger partial charge in [-0.1, -0.05) is 12.1 Å². The largest absolute Gasteiger partial charge is 0.382 e. The van der Waals surface area contributed by atoms with E-state index in [0.29, 0.717) is 11.3 Å². The van der Waals surface area contributed by atoms with Crippen LogP contribution in [-0.2, 0) is 0 Å². The number of anilines is 1. The molecule has 1 heterocycles. The van der Waals surface area contributed by atoms with Gasteiger partial charge in [0, 0.05) is 22.1 Å². The molecule has 0 unspecified atom stereocenters. The minimum atomic E-state index is -0.671. The van der Waals surface area contributed by atoms with Crippen LogP contribution in [0.25, 0.3) is 22.4 Å². The Balaban J connectivity index is 2.14. The second-order valence-electron chi connectivity index (χ2n) is 4.71. The second kappa shape index (κ2) is 5.81. The second-order valence-corrected chi connectivity index (χ2v) is 5.59. The van der Waals surface area contributed by atoms with Crippen LogP contribution in [0, 0.1) is 11.6 Å². The van der Waals surface area contributed by atoms with E-state index in [-0.39, 0.29) is 11.4 Å². The lowest BCUT2D eigenvalue weighted by Crippen LogP contribution is -1.92. The molecule has 0 spiro atoms. The molecule has 0 aliphatic heterocycles. The Hall–Kier alpha value is -2.34.